The molecule has 0 bridgehead atoms. The van der Waals surface area contributed by atoms with Crippen LogP contribution in [0.3, 0.4) is 0 Å². The first-order chi connectivity index (χ1) is 12.2. The van der Waals surface area contributed by atoms with E-state index in [1.165, 1.54) is 11.1 Å². The molecule has 5 heteroatoms. The number of nitrogens with one attached hydrogen (secondary N) is 2. The highest BCUT2D eigenvalue weighted by atomic mass is 15.2. The third-order valence-corrected chi connectivity index (χ3v) is 3.97. The van der Waals surface area contributed by atoms with Crippen molar-refractivity contribution in [3.8, 4) is 0 Å². The smallest absolute Gasteiger partial charge is 0.191 e. The average molecular weight is 335 g/mol. The van der Waals surface area contributed by atoms with E-state index in [2.05, 4.69) is 64.9 Å². The normalized spacial score (nSPS) is 11.7. The second-order valence-corrected chi connectivity index (χ2v) is 6.06. The summed E-state index contributed by atoms with van der Waals surface area (Å²) >= 11 is 0. The van der Waals surface area contributed by atoms with E-state index >= 15 is 0 Å². The molecule has 2 aromatic heterocycles. The Morgan fingerprint density at radius 3 is 2.72 bits per heavy atom. The van der Waals surface area contributed by atoms with Crippen LogP contribution >= 0.6 is 0 Å². The number of hydrogen-bond acceptors (Lipinski definition) is 2. The fourth-order valence-corrected chi connectivity index (χ4v) is 2.62. The molecule has 25 heavy (non-hydrogen) atoms. The van der Waals surface area contributed by atoms with Crippen molar-refractivity contribution in [2.24, 2.45) is 4.99 Å². The first-order valence-corrected chi connectivity index (χ1v) is 8.75. The summed E-state index contributed by atoms with van der Waals surface area (Å²) in [4.78, 5) is 9.28. The molecule has 2 N–H and O–H groups in total. The van der Waals surface area contributed by atoms with Crippen LogP contribution in [0.5, 0.6) is 0 Å². The van der Waals surface area contributed by atoms with E-state index in [-0.39, 0.29) is 0 Å². The summed E-state index contributed by atoms with van der Waals surface area (Å²) in [5.74, 6) is 0.840. The van der Waals surface area contributed by atoms with E-state index in [9.17, 15) is 0 Å². The average Bonchev–Trinajstić information content (AvgIpc) is 3.04. The third-order valence-electron chi connectivity index (χ3n) is 3.97. The molecule has 2 heterocycles. The Labute approximate surface area is 148 Å². The minimum Gasteiger partial charge on any atom is -0.357 e. The largest absolute Gasteiger partial charge is 0.357 e. The maximum absolute atomic E-state index is 4.66. The molecular weight excluding hydrogens is 310 g/mol. The van der Waals surface area contributed by atoms with Gasteiger partial charge in [-0.3, -0.25) is 0 Å². The van der Waals surface area contributed by atoms with E-state index in [0.717, 1.165) is 36.8 Å². The number of imidazole rings is 1. The zero-order chi connectivity index (χ0) is 17.5. The lowest BCUT2D eigenvalue weighted by Crippen LogP contribution is -2.38. The Hall–Kier alpha value is -2.82. The molecule has 0 atom stereocenters. The lowest BCUT2D eigenvalue weighted by atomic mass is 10.1. The van der Waals surface area contributed by atoms with Crippen molar-refractivity contribution in [1.82, 2.24) is 20.0 Å². The fraction of sp³-hybridized carbons (Fsp3) is 0.300. The maximum atomic E-state index is 4.66. The van der Waals surface area contributed by atoms with Gasteiger partial charge in [0.15, 0.2) is 5.96 Å². The predicted molar refractivity (Wildman–Crippen MR) is 103 cm³/mol. The quantitative estimate of drug-likeness (QED) is 0.538. The van der Waals surface area contributed by atoms with Gasteiger partial charge in [-0.05, 0) is 31.5 Å². The molecular formula is C20H25N5. The minimum absolute atomic E-state index is 0.671. The number of benzene rings is 1. The number of aliphatic imine (C=N–C) groups is 1. The van der Waals surface area contributed by atoms with E-state index in [0.29, 0.717) is 6.54 Å². The highest BCUT2D eigenvalue weighted by Gasteiger charge is 2.02. The Morgan fingerprint density at radius 2 is 1.96 bits per heavy atom. The van der Waals surface area contributed by atoms with Crippen LogP contribution in [0.15, 0.2) is 59.9 Å². The minimum atomic E-state index is 0.671. The molecule has 0 radical (unpaired) electrons. The first kappa shape index (κ1) is 17.0. The summed E-state index contributed by atoms with van der Waals surface area (Å²) in [5.41, 5.74) is 4.54. The van der Waals surface area contributed by atoms with Gasteiger partial charge in [-0.25, -0.2) is 9.98 Å². The van der Waals surface area contributed by atoms with Gasteiger partial charge in [0, 0.05) is 31.9 Å². The highest BCUT2D eigenvalue weighted by molar-refractivity contribution is 5.79. The summed E-state index contributed by atoms with van der Waals surface area (Å²) in [6.07, 6.45) is 4.95. The van der Waals surface area contributed by atoms with Gasteiger partial charge in [0.25, 0.3) is 0 Å². The van der Waals surface area contributed by atoms with Gasteiger partial charge in [0.05, 0.1) is 12.2 Å². The van der Waals surface area contributed by atoms with Crippen LogP contribution in [-0.2, 0) is 13.0 Å². The van der Waals surface area contributed by atoms with Gasteiger partial charge in [-0.2, -0.15) is 0 Å². The monoisotopic (exact) mass is 335 g/mol. The summed E-state index contributed by atoms with van der Waals surface area (Å²) in [7, 11) is 0. The number of pyridine rings is 1. The van der Waals surface area contributed by atoms with Gasteiger partial charge in [-0.1, -0.05) is 35.9 Å². The second-order valence-electron chi connectivity index (χ2n) is 6.06. The fourth-order valence-electron chi connectivity index (χ4n) is 2.62. The van der Waals surface area contributed by atoms with Gasteiger partial charge in [0.2, 0.25) is 0 Å². The van der Waals surface area contributed by atoms with Gasteiger partial charge in [0.1, 0.15) is 5.65 Å². The Kier molecular flexibility index (Phi) is 5.67. The molecule has 0 aliphatic heterocycles. The molecule has 5 nitrogen and oxygen atoms in total. The third kappa shape index (κ3) is 4.83. The standard InChI is InChI=1S/C20H25N5/c1-3-21-20(23-14-17-9-7-16(2)8-10-17)22-12-11-18-15-25-13-5-4-6-19(25)24-18/h4-10,13,15H,3,11-12,14H2,1-2H3,(H2,21,22,23). The van der Waals surface area contributed by atoms with Gasteiger partial charge >= 0.3 is 0 Å². The number of aromatic nitrogens is 2. The molecule has 1 aromatic carbocycles. The number of aryl methyl sites for hydroxylation is 1. The van der Waals surface area contributed by atoms with Crippen LogP contribution in [0.25, 0.3) is 5.65 Å². The van der Waals surface area contributed by atoms with Crippen LogP contribution in [0.1, 0.15) is 23.7 Å². The number of hydrogen-bond donors (Lipinski definition) is 2. The van der Waals surface area contributed by atoms with E-state index in [4.69, 9.17) is 0 Å². The van der Waals surface area contributed by atoms with Crippen LogP contribution in [0.2, 0.25) is 0 Å². The molecule has 0 aliphatic rings. The number of fused-ring (bicyclic) bond motifs is 1. The molecule has 0 unspecified atom stereocenters. The van der Waals surface area contributed by atoms with Crippen molar-refractivity contribution < 1.29 is 0 Å². The zero-order valence-electron chi connectivity index (χ0n) is 14.9. The van der Waals surface area contributed by atoms with Crippen molar-refractivity contribution in [3.63, 3.8) is 0 Å². The van der Waals surface area contributed by atoms with Crippen LogP contribution in [-0.4, -0.2) is 28.4 Å². The predicted octanol–water partition coefficient (Wildman–Crippen LogP) is 2.94. The lowest BCUT2D eigenvalue weighted by Gasteiger charge is -2.10. The van der Waals surface area contributed by atoms with Crippen LogP contribution in [0, 0.1) is 6.92 Å². The summed E-state index contributed by atoms with van der Waals surface area (Å²) < 4.78 is 2.05. The van der Waals surface area contributed by atoms with E-state index < -0.39 is 0 Å². The SMILES string of the molecule is CCNC(=NCc1ccc(C)cc1)NCCc1cn2ccccc2n1. The van der Waals surface area contributed by atoms with E-state index in [1.54, 1.807) is 0 Å². The molecule has 3 aromatic rings. The number of rotatable bonds is 6. The molecule has 0 aliphatic carbocycles. The second kappa shape index (κ2) is 8.33. The molecule has 130 valence electrons. The topological polar surface area (TPSA) is 53.7 Å². The highest BCUT2D eigenvalue weighted by Crippen LogP contribution is 2.05. The molecule has 0 saturated heterocycles. The lowest BCUT2D eigenvalue weighted by molar-refractivity contribution is 0.791. The van der Waals surface area contributed by atoms with Crippen molar-refractivity contribution in [3.05, 3.63) is 71.7 Å². The number of guanidine groups is 1. The Bertz CT molecular complexity index is 800. The summed E-state index contributed by atoms with van der Waals surface area (Å²) in [6.45, 7) is 6.48. The van der Waals surface area contributed by atoms with E-state index in [1.807, 2.05) is 28.8 Å². The molecule has 0 amide bonds. The first-order valence-electron chi connectivity index (χ1n) is 8.75. The van der Waals surface area contributed by atoms with Gasteiger partial charge in [-0.15, -0.1) is 0 Å². The molecule has 0 saturated carbocycles. The van der Waals surface area contributed by atoms with Crippen molar-refractivity contribution in [2.45, 2.75) is 26.8 Å². The Morgan fingerprint density at radius 1 is 1.12 bits per heavy atom. The molecule has 0 spiro atoms. The van der Waals surface area contributed by atoms with Crippen molar-refractivity contribution >= 4 is 11.6 Å². The van der Waals surface area contributed by atoms with Gasteiger partial charge < -0.3 is 15.0 Å². The summed E-state index contributed by atoms with van der Waals surface area (Å²) in [5, 5.41) is 6.68. The number of nitrogens with zero attached hydrogens (tertiary/aromatic N) is 3. The van der Waals surface area contributed by atoms with Crippen molar-refractivity contribution in [1.29, 1.82) is 0 Å². The maximum Gasteiger partial charge on any atom is 0.191 e. The molecule has 3 rings (SSSR count). The zero-order valence-corrected chi connectivity index (χ0v) is 14.9. The Balaban J connectivity index is 1.55. The van der Waals surface area contributed by atoms with Crippen LogP contribution in [0.4, 0.5) is 0 Å². The van der Waals surface area contributed by atoms with Crippen LogP contribution < -0.4 is 10.6 Å². The summed E-state index contributed by atoms with van der Waals surface area (Å²) in [6, 6.07) is 14.5. The van der Waals surface area contributed by atoms with Crippen molar-refractivity contribution in [2.75, 3.05) is 13.1 Å². The molecule has 0 fully saturated rings.